The second kappa shape index (κ2) is 6.58. The summed E-state index contributed by atoms with van der Waals surface area (Å²) < 4.78 is 26.8. The van der Waals surface area contributed by atoms with Gasteiger partial charge >= 0.3 is 0 Å². The van der Waals surface area contributed by atoms with Crippen LogP contribution in [0.3, 0.4) is 0 Å². The molecule has 0 aliphatic heterocycles. The van der Waals surface area contributed by atoms with Crippen molar-refractivity contribution in [1.82, 2.24) is 4.98 Å². The Balaban J connectivity index is 2.40. The molecular weight excluding hydrogens is 286 g/mol. The van der Waals surface area contributed by atoms with Crippen LogP contribution in [0.5, 0.6) is 0 Å². The number of benzene rings is 1. The first-order valence-electron chi connectivity index (χ1n) is 6.80. The van der Waals surface area contributed by atoms with E-state index in [0.29, 0.717) is 18.1 Å². The lowest BCUT2D eigenvalue weighted by Gasteiger charge is -2.21. The Morgan fingerprint density at radius 1 is 1.14 bits per heavy atom. The maximum absolute atomic E-state index is 12.8. The van der Waals surface area contributed by atoms with Crippen molar-refractivity contribution in [3.05, 3.63) is 48.7 Å². The Hall–Kier alpha value is -2.08. The van der Waals surface area contributed by atoms with Crippen molar-refractivity contribution in [3.63, 3.8) is 0 Å². The Kier molecular flexibility index (Phi) is 4.80. The van der Waals surface area contributed by atoms with Crippen molar-refractivity contribution in [2.45, 2.75) is 18.2 Å². The highest BCUT2D eigenvalue weighted by Gasteiger charge is 2.24. The summed E-state index contributed by atoms with van der Waals surface area (Å²) >= 11 is 0. The SMILES string of the molecule is CCCNc1ncccc1S(=O)(=O)N(C)c1ccccc1. The third kappa shape index (κ3) is 3.33. The van der Waals surface area contributed by atoms with Gasteiger partial charge in [-0.3, -0.25) is 4.31 Å². The van der Waals surface area contributed by atoms with E-state index in [2.05, 4.69) is 10.3 Å². The standard InChI is InChI=1S/C15H19N3O2S/c1-3-11-16-15-14(10-7-12-17-15)21(19,20)18(2)13-8-5-4-6-9-13/h4-10,12H,3,11H2,1-2H3,(H,16,17). The molecule has 2 aromatic rings. The molecule has 1 N–H and O–H groups in total. The van der Waals surface area contributed by atoms with Gasteiger partial charge in [-0.05, 0) is 30.7 Å². The van der Waals surface area contributed by atoms with E-state index in [-0.39, 0.29) is 4.90 Å². The fourth-order valence-corrected chi connectivity index (χ4v) is 3.21. The van der Waals surface area contributed by atoms with Crippen molar-refractivity contribution in [1.29, 1.82) is 0 Å². The van der Waals surface area contributed by atoms with Crippen LogP contribution in [-0.2, 0) is 10.0 Å². The van der Waals surface area contributed by atoms with Gasteiger partial charge in [-0.25, -0.2) is 13.4 Å². The molecule has 0 spiro atoms. The van der Waals surface area contributed by atoms with Crippen LogP contribution >= 0.6 is 0 Å². The van der Waals surface area contributed by atoms with Crippen LogP contribution in [0.1, 0.15) is 13.3 Å². The van der Waals surface area contributed by atoms with E-state index in [1.54, 1.807) is 49.6 Å². The van der Waals surface area contributed by atoms with Gasteiger partial charge in [-0.2, -0.15) is 0 Å². The van der Waals surface area contributed by atoms with Crippen molar-refractivity contribution < 1.29 is 8.42 Å². The summed E-state index contributed by atoms with van der Waals surface area (Å²) in [7, 11) is -2.10. The molecule has 21 heavy (non-hydrogen) atoms. The van der Waals surface area contributed by atoms with Crippen molar-refractivity contribution in [2.75, 3.05) is 23.2 Å². The highest BCUT2D eigenvalue weighted by molar-refractivity contribution is 7.93. The van der Waals surface area contributed by atoms with E-state index < -0.39 is 10.0 Å². The third-order valence-corrected chi connectivity index (χ3v) is 4.89. The summed E-state index contributed by atoms with van der Waals surface area (Å²) in [5.74, 6) is 0.391. The second-order valence-electron chi connectivity index (χ2n) is 4.59. The van der Waals surface area contributed by atoms with Crippen molar-refractivity contribution in [3.8, 4) is 0 Å². The Morgan fingerprint density at radius 3 is 2.52 bits per heavy atom. The Labute approximate surface area is 125 Å². The first kappa shape index (κ1) is 15.3. The first-order valence-corrected chi connectivity index (χ1v) is 8.24. The number of nitrogens with one attached hydrogen (secondary N) is 1. The molecular formula is C15H19N3O2S. The smallest absolute Gasteiger partial charge is 0.267 e. The molecule has 0 unspecified atom stereocenters. The number of anilines is 2. The minimum absolute atomic E-state index is 0.185. The highest BCUT2D eigenvalue weighted by Crippen LogP contribution is 2.25. The molecule has 0 atom stereocenters. The molecule has 0 aliphatic rings. The summed E-state index contributed by atoms with van der Waals surface area (Å²) in [5, 5.41) is 3.06. The van der Waals surface area contributed by atoms with Crippen LogP contribution in [0.2, 0.25) is 0 Å². The maximum Gasteiger partial charge on any atom is 0.267 e. The number of sulfonamides is 1. The predicted octanol–water partition coefficient (Wildman–Crippen LogP) is 2.73. The minimum Gasteiger partial charge on any atom is -0.369 e. The zero-order chi connectivity index (χ0) is 15.3. The summed E-state index contributed by atoms with van der Waals surface area (Å²) in [4.78, 5) is 4.33. The van der Waals surface area contributed by atoms with Gasteiger partial charge in [0.1, 0.15) is 10.7 Å². The molecule has 6 heteroatoms. The van der Waals surface area contributed by atoms with Gasteiger partial charge in [0.2, 0.25) is 0 Å². The molecule has 0 saturated carbocycles. The van der Waals surface area contributed by atoms with Gasteiger partial charge in [-0.15, -0.1) is 0 Å². The molecule has 1 aromatic carbocycles. The molecule has 0 amide bonds. The lowest BCUT2D eigenvalue weighted by Crippen LogP contribution is -2.27. The van der Waals surface area contributed by atoms with Crippen molar-refractivity contribution in [2.24, 2.45) is 0 Å². The number of rotatable bonds is 6. The Morgan fingerprint density at radius 2 is 1.86 bits per heavy atom. The number of hydrogen-bond donors (Lipinski definition) is 1. The highest BCUT2D eigenvalue weighted by atomic mass is 32.2. The molecule has 112 valence electrons. The molecule has 0 bridgehead atoms. The van der Waals surface area contributed by atoms with Gasteiger partial charge in [0, 0.05) is 19.8 Å². The fraction of sp³-hybridized carbons (Fsp3) is 0.267. The fourth-order valence-electron chi connectivity index (χ4n) is 1.90. The van der Waals surface area contributed by atoms with E-state index in [1.165, 1.54) is 4.31 Å². The van der Waals surface area contributed by atoms with E-state index in [0.717, 1.165) is 6.42 Å². The van der Waals surface area contributed by atoms with Gasteiger partial charge in [0.25, 0.3) is 10.0 Å². The minimum atomic E-state index is -3.64. The molecule has 2 rings (SSSR count). The van der Waals surface area contributed by atoms with Crippen LogP contribution in [0.25, 0.3) is 0 Å². The number of nitrogens with zero attached hydrogens (tertiary/aromatic N) is 2. The molecule has 0 aliphatic carbocycles. The van der Waals surface area contributed by atoms with E-state index in [1.807, 2.05) is 13.0 Å². The van der Waals surface area contributed by atoms with Gasteiger partial charge in [-0.1, -0.05) is 25.1 Å². The zero-order valence-electron chi connectivity index (χ0n) is 12.2. The third-order valence-electron chi connectivity index (χ3n) is 3.07. The maximum atomic E-state index is 12.8. The number of hydrogen-bond acceptors (Lipinski definition) is 4. The molecule has 5 nitrogen and oxygen atoms in total. The number of pyridine rings is 1. The quantitative estimate of drug-likeness (QED) is 0.891. The molecule has 1 heterocycles. The predicted molar refractivity (Wildman–Crippen MR) is 85.0 cm³/mol. The van der Waals surface area contributed by atoms with Crippen LogP contribution < -0.4 is 9.62 Å². The lowest BCUT2D eigenvalue weighted by atomic mass is 10.3. The second-order valence-corrected chi connectivity index (χ2v) is 6.52. The van der Waals surface area contributed by atoms with Gasteiger partial charge in [0.15, 0.2) is 0 Å². The summed E-state index contributed by atoms with van der Waals surface area (Å²) in [6, 6.07) is 12.2. The van der Waals surface area contributed by atoms with Crippen LogP contribution in [0.4, 0.5) is 11.5 Å². The molecule has 1 aromatic heterocycles. The zero-order valence-corrected chi connectivity index (χ0v) is 13.0. The van der Waals surface area contributed by atoms with Gasteiger partial charge in [0.05, 0.1) is 5.69 Å². The normalized spacial score (nSPS) is 11.1. The lowest BCUT2D eigenvalue weighted by molar-refractivity contribution is 0.594. The average molecular weight is 305 g/mol. The number of aromatic nitrogens is 1. The monoisotopic (exact) mass is 305 g/mol. The molecule has 0 radical (unpaired) electrons. The van der Waals surface area contributed by atoms with Gasteiger partial charge < -0.3 is 5.32 Å². The topological polar surface area (TPSA) is 62.3 Å². The summed E-state index contributed by atoms with van der Waals surface area (Å²) in [5.41, 5.74) is 0.614. The van der Waals surface area contributed by atoms with E-state index in [9.17, 15) is 8.42 Å². The van der Waals surface area contributed by atoms with Crippen LogP contribution in [0.15, 0.2) is 53.6 Å². The van der Waals surface area contributed by atoms with Crippen LogP contribution in [-0.4, -0.2) is 27.0 Å². The largest absolute Gasteiger partial charge is 0.369 e. The first-order chi connectivity index (χ1) is 10.1. The molecule has 0 fully saturated rings. The van der Waals surface area contributed by atoms with Crippen LogP contribution in [0, 0.1) is 0 Å². The van der Waals surface area contributed by atoms with Crippen molar-refractivity contribution >= 4 is 21.5 Å². The summed E-state index contributed by atoms with van der Waals surface area (Å²) in [6.45, 7) is 2.69. The van der Waals surface area contributed by atoms with E-state index >= 15 is 0 Å². The van der Waals surface area contributed by atoms with E-state index in [4.69, 9.17) is 0 Å². The summed E-state index contributed by atoms with van der Waals surface area (Å²) in [6.07, 6.45) is 2.48. The number of para-hydroxylation sites is 1. The average Bonchev–Trinajstić information content (AvgIpc) is 2.53. The Bertz CT molecular complexity index is 687. The molecule has 0 saturated heterocycles.